The van der Waals surface area contributed by atoms with Crippen LogP contribution in [0.5, 0.6) is 0 Å². The molecule has 2 aromatic heterocycles. The first-order chi connectivity index (χ1) is 9.17. The molecule has 0 unspecified atom stereocenters. The van der Waals surface area contributed by atoms with E-state index in [2.05, 4.69) is 15.1 Å². The highest BCUT2D eigenvalue weighted by Crippen LogP contribution is 2.64. The molecule has 0 radical (unpaired) electrons. The van der Waals surface area contributed by atoms with Crippen LogP contribution in [0.1, 0.15) is 31.7 Å². The Morgan fingerprint density at radius 1 is 1.32 bits per heavy atom. The van der Waals surface area contributed by atoms with Crippen LogP contribution in [-0.2, 0) is 0 Å². The van der Waals surface area contributed by atoms with Crippen LogP contribution in [0.3, 0.4) is 0 Å². The molecule has 2 saturated carbocycles. The lowest BCUT2D eigenvalue weighted by Crippen LogP contribution is -2.45. The summed E-state index contributed by atoms with van der Waals surface area (Å²) in [5.41, 5.74) is -0.447. The lowest BCUT2D eigenvalue weighted by atomic mass is 9.77. The Bertz CT molecular complexity index is 699. The molecule has 0 bridgehead atoms. The molecule has 1 spiro atoms. The van der Waals surface area contributed by atoms with Gasteiger partial charge in [0.15, 0.2) is 0 Å². The minimum absolute atomic E-state index is 0.0120. The van der Waals surface area contributed by atoms with Gasteiger partial charge in [0.1, 0.15) is 0 Å². The smallest absolute Gasteiger partial charge is 0.275 e. The predicted octanol–water partition coefficient (Wildman–Crippen LogP) is 0.232. The fraction of sp³-hybridized carbons (Fsp3) is 0.500. The first-order valence-corrected chi connectivity index (χ1v) is 6.40. The molecule has 19 heavy (non-hydrogen) atoms. The Balaban J connectivity index is 1.73. The number of hydrogen-bond acceptors (Lipinski definition) is 4. The van der Waals surface area contributed by atoms with Crippen molar-refractivity contribution >= 4 is 0 Å². The molecule has 2 aliphatic carbocycles. The number of aromatic nitrogens is 5. The Hall–Kier alpha value is -2.18. The predicted molar refractivity (Wildman–Crippen MR) is 66.2 cm³/mol. The van der Waals surface area contributed by atoms with Gasteiger partial charge in [-0.25, -0.2) is 18.8 Å². The van der Waals surface area contributed by atoms with E-state index in [0.29, 0.717) is 5.41 Å². The van der Waals surface area contributed by atoms with Crippen LogP contribution in [0, 0.1) is 5.41 Å². The second-order valence-corrected chi connectivity index (χ2v) is 5.53. The summed E-state index contributed by atoms with van der Waals surface area (Å²) in [6.45, 7) is 0. The van der Waals surface area contributed by atoms with Gasteiger partial charge in [-0.1, -0.05) is 0 Å². The summed E-state index contributed by atoms with van der Waals surface area (Å²) in [4.78, 5) is 30.6. The molecule has 2 fully saturated rings. The van der Waals surface area contributed by atoms with Gasteiger partial charge in [-0.3, -0.25) is 4.98 Å². The van der Waals surface area contributed by atoms with E-state index < -0.39 is 11.4 Å². The minimum Gasteiger partial charge on any atom is -0.275 e. The molecule has 0 aliphatic heterocycles. The van der Waals surface area contributed by atoms with E-state index >= 15 is 0 Å². The van der Waals surface area contributed by atoms with Crippen LogP contribution >= 0.6 is 0 Å². The van der Waals surface area contributed by atoms with E-state index in [1.807, 2.05) is 0 Å². The molecule has 2 aromatic rings. The summed E-state index contributed by atoms with van der Waals surface area (Å²) in [5, 5.41) is 3.95. The van der Waals surface area contributed by atoms with E-state index in [-0.39, 0.29) is 12.0 Å². The fourth-order valence-corrected chi connectivity index (χ4v) is 2.95. The van der Waals surface area contributed by atoms with Crippen LogP contribution < -0.4 is 11.4 Å². The van der Waals surface area contributed by atoms with Crippen LogP contribution in [-0.4, -0.2) is 24.3 Å². The van der Waals surface area contributed by atoms with Crippen molar-refractivity contribution in [2.24, 2.45) is 5.41 Å². The number of hydrogen-bond donors (Lipinski definition) is 1. The molecule has 98 valence electrons. The molecule has 7 nitrogen and oxygen atoms in total. The van der Waals surface area contributed by atoms with Crippen molar-refractivity contribution < 1.29 is 0 Å². The van der Waals surface area contributed by atoms with Crippen molar-refractivity contribution in [2.45, 2.75) is 31.7 Å². The van der Waals surface area contributed by atoms with Crippen LogP contribution in [0.15, 0.2) is 28.0 Å². The van der Waals surface area contributed by atoms with Gasteiger partial charge in [0.25, 0.3) is 0 Å². The number of aromatic amines is 1. The van der Waals surface area contributed by atoms with Gasteiger partial charge in [-0.15, -0.1) is 0 Å². The monoisotopic (exact) mass is 259 g/mol. The Labute approximate surface area is 107 Å². The number of nitrogens with one attached hydrogen (secondary N) is 1. The van der Waals surface area contributed by atoms with Gasteiger partial charge >= 0.3 is 11.4 Å². The third-order valence-electron chi connectivity index (χ3n) is 4.23. The van der Waals surface area contributed by atoms with Crippen molar-refractivity contribution in [1.29, 1.82) is 0 Å². The molecule has 0 saturated heterocycles. The van der Waals surface area contributed by atoms with Crippen LogP contribution in [0.2, 0.25) is 0 Å². The van der Waals surface area contributed by atoms with E-state index in [9.17, 15) is 9.59 Å². The van der Waals surface area contributed by atoms with Crippen molar-refractivity contribution in [3.05, 3.63) is 39.4 Å². The summed E-state index contributed by atoms with van der Waals surface area (Å²) in [7, 11) is 0. The number of rotatable bonds is 2. The van der Waals surface area contributed by atoms with Crippen molar-refractivity contribution in [3.8, 4) is 5.95 Å². The average Bonchev–Trinajstić information content (AvgIpc) is 2.94. The van der Waals surface area contributed by atoms with E-state index in [1.54, 1.807) is 18.5 Å². The maximum Gasteiger partial charge on any atom is 0.355 e. The van der Waals surface area contributed by atoms with Crippen molar-refractivity contribution in [2.75, 3.05) is 0 Å². The highest BCUT2D eigenvalue weighted by Gasteiger charge is 2.54. The second-order valence-electron chi connectivity index (χ2n) is 5.53. The summed E-state index contributed by atoms with van der Waals surface area (Å²) in [6, 6.07) is 1.71. The average molecular weight is 259 g/mol. The van der Waals surface area contributed by atoms with Gasteiger partial charge in [0.2, 0.25) is 5.95 Å². The van der Waals surface area contributed by atoms with Gasteiger partial charge < -0.3 is 0 Å². The summed E-state index contributed by atoms with van der Waals surface area (Å²) < 4.78 is 2.62. The SMILES string of the molecule is O=c1nc(-n2cccn2)[nH]c(=O)n1C1CC2(CC2)C1. The molecule has 7 heteroatoms. The van der Waals surface area contributed by atoms with Gasteiger partial charge in [0.05, 0.1) is 0 Å². The summed E-state index contributed by atoms with van der Waals surface area (Å²) in [5.74, 6) is 0.164. The second kappa shape index (κ2) is 3.43. The van der Waals surface area contributed by atoms with Gasteiger partial charge in [-0.05, 0) is 37.2 Å². The van der Waals surface area contributed by atoms with Crippen molar-refractivity contribution in [3.63, 3.8) is 0 Å². The largest absolute Gasteiger partial charge is 0.355 e. The lowest BCUT2D eigenvalue weighted by molar-refractivity contribution is 0.163. The minimum atomic E-state index is -0.491. The zero-order chi connectivity index (χ0) is 13.0. The molecule has 0 atom stereocenters. The quantitative estimate of drug-likeness (QED) is 0.836. The van der Waals surface area contributed by atoms with Crippen LogP contribution in [0.4, 0.5) is 0 Å². The van der Waals surface area contributed by atoms with Gasteiger partial charge in [0, 0.05) is 18.4 Å². The molecule has 2 heterocycles. The third kappa shape index (κ3) is 1.57. The molecule has 0 aromatic carbocycles. The maximum atomic E-state index is 12.0. The third-order valence-corrected chi connectivity index (χ3v) is 4.23. The maximum absolute atomic E-state index is 12.0. The molecule has 2 aliphatic rings. The molecule has 0 amide bonds. The zero-order valence-electron chi connectivity index (χ0n) is 10.2. The number of nitrogens with zero attached hydrogens (tertiary/aromatic N) is 4. The highest BCUT2D eigenvalue weighted by atomic mass is 16.2. The molecule has 1 N–H and O–H groups in total. The normalized spacial score (nSPS) is 20.4. The van der Waals surface area contributed by atoms with E-state index in [1.165, 1.54) is 22.1 Å². The summed E-state index contributed by atoms with van der Waals surface area (Å²) in [6.07, 6.45) is 7.51. The first-order valence-electron chi connectivity index (χ1n) is 6.40. The standard InChI is InChI=1S/C12H13N5O2/c18-10-14-9(16-5-1-4-13-16)15-11(19)17(10)8-6-12(7-8)2-3-12/h1,4-5,8H,2-3,6-7H2,(H,14,15,18,19). The lowest BCUT2D eigenvalue weighted by Gasteiger charge is -2.35. The van der Waals surface area contributed by atoms with Gasteiger partial charge in [-0.2, -0.15) is 10.1 Å². The van der Waals surface area contributed by atoms with E-state index in [4.69, 9.17) is 0 Å². The highest BCUT2D eigenvalue weighted by molar-refractivity contribution is 5.09. The Morgan fingerprint density at radius 3 is 2.68 bits per heavy atom. The first kappa shape index (κ1) is 10.7. The van der Waals surface area contributed by atoms with Crippen LogP contribution in [0.25, 0.3) is 5.95 Å². The fourth-order valence-electron chi connectivity index (χ4n) is 2.95. The zero-order valence-corrected chi connectivity index (χ0v) is 10.2. The topological polar surface area (TPSA) is 85.6 Å². The summed E-state index contributed by atoms with van der Waals surface area (Å²) >= 11 is 0. The van der Waals surface area contributed by atoms with E-state index in [0.717, 1.165) is 12.8 Å². The molecule has 4 rings (SSSR count). The Kier molecular flexibility index (Phi) is 1.94. The molecular weight excluding hydrogens is 246 g/mol. The molecular formula is C12H13N5O2. The Morgan fingerprint density at radius 2 is 2.11 bits per heavy atom. The van der Waals surface area contributed by atoms with Crippen molar-refractivity contribution in [1.82, 2.24) is 24.3 Å². The number of H-pyrrole nitrogens is 1.